The molecular weight excluding hydrogens is 402 g/mol. The summed E-state index contributed by atoms with van der Waals surface area (Å²) < 4.78 is 0. The Labute approximate surface area is 190 Å². The number of nitrogens with zero attached hydrogens (tertiary/aromatic N) is 3. The van der Waals surface area contributed by atoms with Gasteiger partial charge in [-0.1, -0.05) is 62.2 Å². The summed E-state index contributed by atoms with van der Waals surface area (Å²) in [6.45, 7) is 17.4. The highest BCUT2D eigenvalue weighted by molar-refractivity contribution is 6.21. The average molecular weight is 432 g/mol. The predicted octanol–water partition coefficient (Wildman–Crippen LogP) is 5.80. The minimum Gasteiger partial charge on any atom is -0.368 e. The molecule has 0 bridgehead atoms. The fraction of sp³-hybridized carbons (Fsp3) is 0.333. The van der Waals surface area contributed by atoms with E-state index in [2.05, 4.69) is 96.9 Å². The van der Waals surface area contributed by atoms with Gasteiger partial charge in [-0.2, -0.15) is 0 Å². The number of fused-ring (bicyclic) bond motifs is 2. The second kappa shape index (κ2) is 7.49. The molecule has 1 saturated heterocycles. The molecule has 3 heterocycles. The first kappa shape index (κ1) is 20.3. The summed E-state index contributed by atoms with van der Waals surface area (Å²) in [6.07, 6.45) is 0.931. The van der Waals surface area contributed by atoms with E-state index in [1.807, 2.05) is 0 Å². The van der Waals surface area contributed by atoms with Crippen molar-refractivity contribution in [2.45, 2.75) is 43.3 Å². The lowest BCUT2D eigenvalue weighted by atomic mass is 9.89. The smallest absolute Gasteiger partial charge is 0.0660 e. The van der Waals surface area contributed by atoms with Crippen molar-refractivity contribution in [3.8, 4) is 0 Å². The molecule has 0 saturated carbocycles. The molecule has 4 heteroatoms. The number of hydrogen-bond acceptors (Lipinski definition) is 3. The number of benzene rings is 2. The first-order chi connectivity index (χ1) is 14.9. The van der Waals surface area contributed by atoms with E-state index < -0.39 is 0 Å². The molecule has 31 heavy (non-hydrogen) atoms. The molecule has 0 N–H and O–H groups in total. The van der Waals surface area contributed by atoms with E-state index in [9.17, 15) is 0 Å². The third-order valence-corrected chi connectivity index (χ3v) is 7.75. The van der Waals surface area contributed by atoms with Gasteiger partial charge in [-0.3, -0.25) is 0 Å². The van der Waals surface area contributed by atoms with Gasteiger partial charge in [-0.25, -0.2) is 0 Å². The molecule has 4 atom stereocenters. The van der Waals surface area contributed by atoms with Gasteiger partial charge in [0.2, 0.25) is 0 Å². The summed E-state index contributed by atoms with van der Waals surface area (Å²) >= 11 is 6.74. The third-order valence-electron chi connectivity index (χ3n) is 7.43. The lowest BCUT2D eigenvalue weighted by molar-refractivity contribution is 0.234. The van der Waals surface area contributed by atoms with Gasteiger partial charge in [-0.05, 0) is 30.5 Å². The van der Waals surface area contributed by atoms with Crippen LogP contribution in [-0.2, 0) is 6.54 Å². The number of hydrogen-bond donors (Lipinski definition) is 0. The molecule has 3 nitrogen and oxygen atoms in total. The van der Waals surface area contributed by atoms with E-state index in [4.69, 9.17) is 11.6 Å². The highest BCUT2D eigenvalue weighted by Crippen LogP contribution is 2.49. The van der Waals surface area contributed by atoms with Gasteiger partial charge in [0, 0.05) is 60.4 Å². The fourth-order valence-corrected chi connectivity index (χ4v) is 5.98. The summed E-state index contributed by atoms with van der Waals surface area (Å²) in [6, 6.07) is 17.6. The second-order valence-corrected chi connectivity index (χ2v) is 9.66. The van der Waals surface area contributed by atoms with Gasteiger partial charge in [0.15, 0.2) is 0 Å². The zero-order valence-electron chi connectivity index (χ0n) is 18.4. The van der Waals surface area contributed by atoms with E-state index in [-0.39, 0.29) is 23.4 Å². The summed E-state index contributed by atoms with van der Waals surface area (Å²) in [5.74, 6) is 0.230. The van der Waals surface area contributed by atoms with E-state index >= 15 is 0 Å². The van der Waals surface area contributed by atoms with Crippen molar-refractivity contribution < 1.29 is 0 Å². The monoisotopic (exact) mass is 431 g/mol. The maximum Gasteiger partial charge on any atom is 0.0660 e. The minimum atomic E-state index is 0.110. The molecule has 0 spiro atoms. The molecule has 3 aliphatic rings. The highest BCUT2D eigenvalue weighted by Gasteiger charge is 2.44. The van der Waals surface area contributed by atoms with Crippen molar-refractivity contribution >= 4 is 23.0 Å². The summed E-state index contributed by atoms with van der Waals surface area (Å²) in [5.41, 5.74) is 8.50. The zero-order valence-corrected chi connectivity index (χ0v) is 19.1. The summed E-state index contributed by atoms with van der Waals surface area (Å²) in [7, 11) is 2.11. The molecule has 160 valence electrons. The molecule has 0 aliphatic carbocycles. The van der Waals surface area contributed by atoms with Crippen LogP contribution in [0.4, 0.5) is 5.69 Å². The lowest BCUT2D eigenvalue weighted by Crippen LogP contribution is -2.41. The third kappa shape index (κ3) is 3.10. The first-order valence-corrected chi connectivity index (χ1v) is 11.5. The van der Waals surface area contributed by atoms with Crippen molar-refractivity contribution in [2.24, 2.45) is 0 Å². The molecule has 2 aromatic rings. The van der Waals surface area contributed by atoms with Crippen LogP contribution in [0.3, 0.4) is 0 Å². The molecular formula is C27H30ClN3. The van der Waals surface area contributed by atoms with E-state index in [0.29, 0.717) is 0 Å². The number of alkyl halides is 1. The van der Waals surface area contributed by atoms with Gasteiger partial charge in [0.05, 0.1) is 11.4 Å². The average Bonchev–Trinajstić information content (AvgIpc) is 3.40. The van der Waals surface area contributed by atoms with Gasteiger partial charge >= 0.3 is 0 Å². The Morgan fingerprint density at radius 3 is 2.58 bits per heavy atom. The number of para-hydroxylation sites is 1. The van der Waals surface area contributed by atoms with Crippen LogP contribution in [0.2, 0.25) is 0 Å². The fourth-order valence-electron chi connectivity index (χ4n) is 5.65. The Hall–Kier alpha value is -2.65. The Morgan fingerprint density at radius 2 is 1.81 bits per heavy atom. The molecule has 0 aromatic heterocycles. The maximum atomic E-state index is 6.74. The largest absolute Gasteiger partial charge is 0.368 e. The second-order valence-electron chi connectivity index (χ2n) is 9.04. The van der Waals surface area contributed by atoms with Crippen molar-refractivity contribution in [3.05, 3.63) is 96.4 Å². The van der Waals surface area contributed by atoms with Gasteiger partial charge < -0.3 is 14.7 Å². The summed E-state index contributed by atoms with van der Waals surface area (Å²) in [5, 5.41) is 0.110. The molecule has 3 aliphatic heterocycles. The molecule has 0 radical (unpaired) electrons. The van der Waals surface area contributed by atoms with Crippen LogP contribution in [0.15, 0.2) is 79.7 Å². The highest BCUT2D eigenvalue weighted by atomic mass is 35.5. The van der Waals surface area contributed by atoms with Crippen LogP contribution in [0.25, 0.3) is 5.70 Å². The van der Waals surface area contributed by atoms with Crippen molar-refractivity contribution in [1.29, 1.82) is 0 Å². The van der Waals surface area contributed by atoms with Gasteiger partial charge in [0.25, 0.3) is 0 Å². The van der Waals surface area contributed by atoms with Crippen LogP contribution < -0.4 is 4.90 Å². The normalized spacial score (nSPS) is 25.8. The Balaban J connectivity index is 1.43. The maximum absolute atomic E-state index is 6.74. The molecule has 1 fully saturated rings. The topological polar surface area (TPSA) is 9.72 Å². The Kier molecular flexibility index (Phi) is 4.90. The van der Waals surface area contributed by atoms with Crippen LogP contribution in [0.5, 0.6) is 0 Å². The first-order valence-electron chi connectivity index (χ1n) is 11.0. The van der Waals surface area contributed by atoms with Crippen LogP contribution in [0, 0.1) is 0 Å². The standard InChI is InChI=1S/C27H30ClN3/c1-17(30-15-21-10-6-7-11-23(21)19(30)3)18(2)31-16-22(28)14-26(31)27-20(4)29(5)25-13-9-8-12-24(25)27/h6-13,17,22,26-27H,2-4,14-16H2,1,5H3/t17?,22-,26?,27?/m1/s1. The Bertz CT molecular complexity index is 1070. The van der Waals surface area contributed by atoms with E-state index in [1.165, 1.54) is 22.4 Å². The number of anilines is 1. The van der Waals surface area contributed by atoms with Crippen molar-refractivity contribution in [3.63, 3.8) is 0 Å². The van der Waals surface area contributed by atoms with E-state index in [0.717, 1.165) is 36.6 Å². The van der Waals surface area contributed by atoms with Crippen molar-refractivity contribution in [2.75, 3.05) is 18.5 Å². The predicted molar refractivity (Wildman–Crippen MR) is 131 cm³/mol. The molecule has 0 amide bonds. The number of likely N-dealkylation sites (tertiary alicyclic amines) is 1. The van der Waals surface area contributed by atoms with E-state index in [1.54, 1.807) is 0 Å². The quantitative estimate of drug-likeness (QED) is 0.566. The number of halogens is 1. The molecule has 2 aromatic carbocycles. The SMILES string of the molecule is C=C1C(C2C[C@@H](Cl)CN2C(=C)C(C)N2Cc3ccccc3C2=C)c2ccccc2N1C. The van der Waals surface area contributed by atoms with Crippen LogP contribution in [-0.4, -0.2) is 40.9 Å². The minimum absolute atomic E-state index is 0.110. The number of rotatable bonds is 4. The summed E-state index contributed by atoms with van der Waals surface area (Å²) in [4.78, 5) is 7.05. The molecule has 5 rings (SSSR count). The zero-order chi connectivity index (χ0) is 21.9. The lowest BCUT2D eigenvalue weighted by Gasteiger charge is -2.39. The van der Waals surface area contributed by atoms with Crippen LogP contribution in [0.1, 0.15) is 36.0 Å². The van der Waals surface area contributed by atoms with Crippen LogP contribution >= 0.6 is 11.6 Å². The Morgan fingerprint density at radius 1 is 1.10 bits per heavy atom. The number of likely N-dealkylation sites (N-methyl/N-ethyl adjacent to an activating group) is 1. The molecule has 3 unspecified atom stereocenters. The van der Waals surface area contributed by atoms with Gasteiger partial charge in [0.1, 0.15) is 0 Å². The van der Waals surface area contributed by atoms with Crippen molar-refractivity contribution in [1.82, 2.24) is 9.80 Å². The van der Waals surface area contributed by atoms with Gasteiger partial charge in [-0.15, -0.1) is 11.6 Å².